The zero-order chi connectivity index (χ0) is 19.9. The van der Waals surface area contributed by atoms with Gasteiger partial charge in [0.25, 0.3) is 0 Å². The summed E-state index contributed by atoms with van der Waals surface area (Å²) in [4.78, 5) is 25.1. The van der Waals surface area contributed by atoms with Crippen LogP contribution in [0.5, 0.6) is 0 Å². The molecule has 1 aliphatic rings. The minimum atomic E-state index is 0.0140. The molecule has 1 aliphatic heterocycles. The molecule has 28 heavy (non-hydrogen) atoms. The molecule has 0 saturated carbocycles. The first-order valence-corrected chi connectivity index (χ1v) is 10.9. The summed E-state index contributed by atoms with van der Waals surface area (Å²) in [7, 11) is 0. The third-order valence-electron chi connectivity index (χ3n) is 4.99. The number of carbonyl (C=O) groups is 1. The van der Waals surface area contributed by atoms with Crippen molar-refractivity contribution in [2.45, 2.75) is 50.0 Å². The first-order chi connectivity index (χ1) is 13.5. The first-order valence-electron chi connectivity index (χ1n) is 10.1. The van der Waals surface area contributed by atoms with Crippen molar-refractivity contribution in [2.24, 2.45) is 11.8 Å². The second-order valence-corrected chi connectivity index (χ2v) is 8.92. The number of carbonyl (C=O) groups excluding carboxylic acids is 1. The molecule has 0 unspecified atom stereocenters. The number of nitrogens with one attached hydrogen (secondary N) is 1. The summed E-state index contributed by atoms with van der Waals surface area (Å²) >= 11 is 1.63. The van der Waals surface area contributed by atoms with Crippen molar-refractivity contribution >= 4 is 23.5 Å². The summed E-state index contributed by atoms with van der Waals surface area (Å²) < 4.78 is 0. The lowest BCUT2D eigenvalue weighted by Crippen LogP contribution is -2.44. The Morgan fingerprint density at radius 1 is 1.25 bits per heavy atom. The van der Waals surface area contributed by atoms with Crippen molar-refractivity contribution in [1.29, 1.82) is 0 Å². The Kier molecular flexibility index (Phi) is 7.31. The first kappa shape index (κ1) is 20.6. The molecular formula is C22H30N4OS. The lowest BCUT2D eigenvalue weighted by Gasteiger charge is -2.33. The second kappa shape index (κ2) is 9.92. The van der Waals surface area contributed by atoms with Crippen LogP contribution >= 0.6 is 11.8 Å². The van der Waals surface area contributed by atoms with Crippen LogP contribution in [0.1, 0.15) is 38.7 Å². The molecule has 0 spiro atoms. The van der Waals surface area contributed by atoms with Crippen molar-refractivity contribution in [3.63, 3.8) is 0 Å². The number of hydrogen-bond acceptors (Lipinski definition) is 5. The maximum absolute atomic E-state index is 12.6. The Labute approximate surface area is 172 Å². The van der Waals surface area contributed by atoms with Gasteiger partial charge in [-0.3, -0.25) is 4.79 Å². The number of aromatic nitrogens is 2. The van der Waals surface area contributed by atoms with Gasteiger partial charge in [0.2, 0.25) is 5.91 Å². The van der Waals surface area contributed by atoms with Crippen LogP contribution in [0.4, 0.5) is 5.82 Å². The van der Waals surface area contributed by atoms with Crippen molar-refractivity contribution in [3.05, 3.63) is 42.2 Å². The number of rotatable bonds is 7. The Bertz CT molecular complexity index is 778. The van der Waals surface area contributed by atoms with Crippen molar-refractivity contribution in [3.8, 4) is 0 Å². The molecule has 2 heterocycles. The van der Waals surface area contributed by atoms with E-state index < -0.39 is 0 Å². The van der Waals surface area contributed by atoms with E-state index in [1.165, 1.54) is 5.56 Å². The highest BCUT2D eigenvalue weighted by atomic mass is 32.2. The Balaban J connectivity index is 1.67. The number of benzene rings is 1. The summed E-state index contributed by atoms with van der Waals surface area (Å²) in [6.07, 6.45) is 6.42. The van der Waals surface area contributed by atoms with Crippen LogP contribution in [-0.2, 0) is 4.79 Å². The zero-order valence-corrected chi connectivity index (χ0v) is 17.8. The number of aryl methyl sites for hydroxylation is 1. The Morgan fingerprint density at radius 2 is 2.00 bits per heavy atom. The number of hydrogen-bond donors (Lipinski definition) is 1. The smallest absolute Gasteiger partial charge is 0.224 e. The predicted molar refractivity (Wildman–Crippen MR) is 115 cm³/mol. The van der Waals surface area contributed by atoms with Gasteiger partial charge in [0.15, 0.2) is 5.82 Å². The second-order valence-electron chi connectivity index (χ2n) is 7.86. The third-order valence-corrected chi connectivity index (χ3v) is 5.98. The average molecular weight is 399 g/mol. The summed E-state index contributed by atoms with van der Waals surface area (Å²) in [6.45, 7) is 8.81. The predicted octanol–water partition coefficient (Wildman–Crippen LogP) is 4.31. The molecule has 0 aliphatic carbocycles. The molecule has 0 radical (unpaired) electrons. The van der Waals surface area contributed by atoms with Gasteiger partial charge in [-0.2, -0.15) is 0 Å². The SMILES string of the molecule is Cc1ccc(Sc2nccnc2N2CCC[C@@H](C(=O)NCCC(C)C)C2)cc1. The molecule has 3 rings (SSSR count). The van der Waals surface area contributed by atoms with Gasteiger partial charge in [0.05, 0.1) is 5.92 Å². The van der Waals surface area contributed by atoms with Crippen molar-refractivity contribution in [2.75, 3.05) is 24.5 Å². The maximum atomic E-state index is 12.6. The van der Waals surface area contributed by atoms with E-state index in [-0.39, 0.29) is 11.8 Å². The lowest BCUT2D eigenvalue weighted by atomic mass is 9.97. The zero-order valence-electron chi connectivity index (χ0n) is 17.0. The van der Waals surface area contributed by atoms with Crippen LogP contribution in [0.2, 0.25) is 0 Å². The molecule has 0 bridgehead atoms. The summed E-state index contributed by atoms with van der Waals surface area (Å²) in [6, 6.07) is 8.44. The van der Waals surface area contributed by atoms with Crippen molar-refractivity contribution in [1.82, 2.24) is 15.3 Å². The highest BCUT2D eigenvalue weighted by Gasteiger charge is 2.28. The van der Waals surface area contributed by atoms with E-state index in [1.54, 1.807) is 24.2 Å². The number of piperidine rings is 1. The molecule has 1 aromatic carbocycles. The molecule has 5 nitrogen and oxygen atoms in total. The van der Waals surface area contributed by atoms with Crippen LogP contribution in [0, 0.1) is 18.8 Å². The fourth-order valence-corrected chi connectivity index (χ4v) is 4.22. The van der Waals surface area contributed by atoms with E-state index in [4.69, 9.17) is 0 Å². The Hall–Kier alpha value is -2.08. The molecule has 1 aromatic heterocycles. The topological polar surface area (TPSA) is 58.1 Å². The quantitative estimate of drug-likeness (QED) is 0.753. The molecular weight excluding hydrogens is 368 g/mol. The maximum Gasteiger partial charge on any atom is 0.224 e. The summed E-state index contributed by atoms with van der Waals surface area (Å²) in [5, 5.41) is 4.00. The fourth-order valence-electron chi connectivity index (χ4n) is 3.34. The number of anilines is 1. The molecule has 6 heteroatoms. The van der Waals surface area contributed by atoms with E-state index in [9.17, 15) is 4.79 Å². The monoisotopic (exact) mass is 398 g/mol. The van der Waals surface area contributed by atoms with E-state index >= 15 is 0 Å². The molecule has 1 atom stereocenters. The van der Waals surface area contributed by atoms with E-state index in [0.717, 1.165) is 48.1 Å². The molecule has 1 N–H and O–H groups in total. The van der Waals surface area contributed by atoms with Gasteiger partial charge in [-0.25, -0.2) is 9.97 Å². The van der Waals surface area contributed by atoms with E-state index in [0.29, 0.717) is 12.5 Å². The molecule has 1 saturated heterocycles. The van der Waals surface area contributed by atoms with Gasteiger partial charge < -0.3 is 10.2 Å². The minimum absolute atomic E-state index is 0.0140. The number of nitrogens with zero attached hydrogens (tertiary/aromatic N) is 3. The standard InChI is InChI=1S/C22H30N4OS/c1-16(2)10-11-24-21(27)18-5-4-14-26(15-18)20-22(25-13-12-23-20)28-19-8-6-17(3)7-9-19/h6-9,12-13,16,18H,4-5,10-11,14-15H2,1-3H3,(H,24,27)/t18-/m1/s1. The van der Waals surface area contributed by atoms with Crippen LogP contribution in [0.3, 0.4) is 0 Å². The van der Waals surface area contributed by atoms with Gasteiger partial charge in [-0.1, -0.05) is 43.3 Å². The van der Waals surface area contributed by atoms with E-state index in [2.05, 4.69) is 65.2 Å². The summed E-state index contributed by atoms with van der Waals surface area (Å²) in [5.41, 5.74) is 1.24. The van der Waals surface area contributed by atoms with Gasteiger partial charge >= 0.3 is 0 Å². The third kappa shape index (κ3) is 5.71. The molecule has 150 valence electrons. The van der Waals surface area contributed by atoms with Crippen LogP contribution in [0.25, 0.3) is 0 Å². The minimum Gasteiger partial charge on any atom is -0.356 e. The normalized spacial score (nSPS) is 17.0. The van der Waals surface area contributed by atoms with Gasteiger partial charge in [-0.15, -0.1) is 0 Å². The fraction of sp³-hybridized carbons (Fsp3) is 0.500. The number of amides is 1. The molecule has 2 aromatic rings. The lowest BCUT2D eigenvalue weighted by molar-refractivity contribution is -0.125. The summed E-state index contributed by atoms with van der Waals surface area (Å²) in [5.74, 6) is 1.67. The molecule has 1 amide bonds. The highest BCUT2D eigenvalue weighted by molar-refractivity contribution is 7.99. The van der Waals surface area contributed by atoms with Gasteiger partial charge in [0.1, 0.15) is 5.03 Å². The van der Waals surface area contributed by atoms with E-state index in [1.807, 2.05) is 0 Å². The van der Waals surface area contributed by atoms with Gasteiger partial charge in [0, 0.05) is 36.9 Å². The van der Waals surface area contributed by atoms with Crippen molar-refractivity contribution < 1.29 is 4.79 Å². The Morgan fingerprint density at radius 3 is 2.75 bits per heavy atom. The molecule has 1 fully saturated rings. The van der Waals surface area contributed by atoms with Gasteiger partial charge in [-0.05, 0) is 44.2 Å². The average Bonchev–Trinajstić information content (AvgIpc) is 2.70. The van der Waals surface area contributed by atoms with Crippen LogP contribution in [-0.4, -0.2) is 35.5 Å². The van der Waals surface area contributed by atoms with Crippen LogP contribution in [0.15, 0.2) is 46.6 Å². The largest absolute Gasteiger partial charge is 0.356 e. The van der Waals surface area contributed by atoms with Crippen LogP contribution < -0.4 is 10.2 Å². The highest BCUT2D eigenvalue weighted by Crippen LogP contribution is 2.34.